The van der Waals surface area contributed by atoms with Crippen molar-refractivity contribution in [2.24, 2.45) is 0 Å². The quantitative estimate of drug-likeness (QED) is 0.571. The maximum Gasteiger partial charge on any atom is 0.246 e. The van der Waals surface area contributed by atoms with Gasteiger partial charge in [-0.2, -0.15) is 0 Å². The number of likely N-dealkylation sites (N-methyl/N-ethyl adjacent to an activating group) is 1. The van der Waals surface area contributed by atoms with Crippen molar-refractivity contribution in [1.82, 2.24) is 4.90 Å². The lowest BCUT2D eigenvalue weighted by molar-refractivity contribution is -0.123. The average Bonchev–Trinajstić information content (AvgIpc) is 2.42. The highest BCUT2D eigenvalue weighted by Crippen LogP contribution is 2.36. The van der Waals surface area contributed by atoms with Crippen LogP contribution in [-0.2, 0) is 4.79 Å². The van der Waals surface area contributed by atoms with E-state index in [9.17, 15) is 9.90 Å². The second-order valence-electron chi connectivity index (χ2n) is 6.31. The fourth-order valence-electron chi connectivity index (χ4n) is 2.92. The SMILES string of the molecule is CCCCCC/C(=C\C(=O)N(C)C)C1(O)CCCCC1. The van der Waals surface area contributed by atoms with E-state index < -0.39 is 5.60 Å². The summed E-state index contributed by atoms with van der Waals surface area (Å²) < 4.78 is 0. The molecule has 20 heavy (non-hydrogen) atoms. The first-order valence-electron chi connectivity index (χ1n) is 8.14. The first kappa shape index (κ1) is 17.2. The number of carbonyl (C=O) groups is 1. The van der Waals surface area contributed by atoms with E-state index in [1.807, 2.05) is 0 Å². The van der Waals surface area contributed by atoms with Gasteiger partial charge in [0.2, 0.25) is 5.91 Å². The Kier molecular flexibility index (Phi) is 7.28. The van der Waals surface area contributed by atoms with Crippen molar-refractivity contribution in [3.8, 4) is 0 Å². The molecule has 0 aromatic rings. The summed E-state index contributed by atoms with van der Waals surface area (Å²) in [6.45, 7) is 2.20. The number of rotatable bonds is 7. The lowest BCUT2D eigenvalue weighted by atomic mass is 9.77. The number of unbranched alkanes of at least 4 members (excludes halogenated alkanes) is 3. The lowest BCUT2D eigenvalue weighted by Gasteiger charge is -2.35. The summed E-state index contributed by atoms with van der Waals surface area (Å²) in [5.41, 5.74) is 0.239. The number of hydrogen-bond acceptors (Lipinski definition) is 2. The van der Waals surface area contributed by atoms with Crippen molar-refractivity contribution >= 4 is 5.91 Å². The molecular formula is C17H31NO2. The van der Waals surface area contributed by atoms with Gasteiger partial charge in [-0.05, 0) is 31.3 Å². The van der Waals surface area contributed by atoms with Crippen LogP contribution in [0, 0.1) is 0 Å². The zero-order chi connectivity index (χ0) is 15.0. The molecule has 1 aliphatic carbocycles. The van der Waals surface area contributed by atoms with Gasteiger partial charge in [-0.15, -0.1) is 0 Å². The molecule has 1 N–H and O–H groups in total. The smallest absolute Gasteiger partial charge is 0.246 e. The van der Waals surface area contributed by atoms with E-state index in [1.165, 1.54) is 25.7 Å². The van der Waals surface area contributed by atoms with Gasteiger partial charge in [-0.25, -0.2) is 0 Å². The van der Waals surface area contributed by atoms with Crippen LogP contribution in [0.4, 0.5) is 0 Å². The monoisotopic (exact) mass is 281 g/mol. The Hall–Kier alpha value is -0.830. The lowest BCUT2D eigenvalue weighted by Crippen LogP contribution is -2.35. The molecule has 0 unspecified atom stereocenters. The standard InChI is InChI=1S/C17H31NO2/c1-4-5-6-8-11-15(14-16(19)18(2)3)17(20)12-9-7-10-13-17/h14,20H,4-13H2,1-3H3/b15-14+. The highest BCUT2D eigenvalue weighted by atomic mass is 16.3. The van der Waals surface area contributed by atoms with E-state index in [1.54, 1.807) is 25.1 Å². The summed E-state index contributed by atoms with van der Waals surface area (Å²) in [5, 5.41) is 10.9. The number of aliphatic hydroxyl groups is 1. The van der Waals surface area contributed by atoms with Gasteiger partial charge in [0.25, 0.3) is 0 Å². The Morgan fingerprint density at radius 1 is 1.15 bits per heavy atom. The topological polar surface area (TPSA) is 40.5 Å². The van der Waals surface area contributed by atoms with Crippen molar-refractivity contribution in [1.29, 1.82) is 0 Å². The molecule has 3 heteroatoms. The van der Waals surface area contributed by atoms with Crippen LogP contribution in [0.5, 0.6) is 0 Å². The second kappa shape index (κ2) is 8.46. The van der Waals surface area contributed by atoms with Crippen LogP contribution < -0.4 is 0 Å². The van der Waals surface area contributed by atoms with E-state index in [2.05, 4.69) is 6.92 Å². The third-order valence-electron chi connectivity index (χ3n) is 4.32. The summed E-state index contributed by atoms with van der Waals surface area (Å²) in [6.07, 6.45) is 12.2. The molecule has 1 amide bonds. The van der Waals surface area contributed by atoms with E-state index in [-0.39, 0.29) is 5.91 Å². The van der Waals surface area contributed by atoms with Crippen LogP contribution in [0.3, 0.4) is 0 Å². The van der Waals surface area contributed by atoms with Crippen molar-refractivity contribution in [3.63, 3.8) is 0 Å². The maximum absolute atomic E-state index is 12.0. The van der Waals surface area contributed by atoms with E-state index in [4.69, 9.17) is 0 Å². The molecule has 0 bridgehead atoms. The maximum atomic E-state index is 12.0. The first-order chi connectivity index (χ1) is 9.49. The summed E-state index contributed by atoms with van der Waals surface area (Å²) >= 11 is 0. The minimum Gasteiger partial charge on any atom is -0.386 e. The van der Waals surface area contributed by atoms with Crippen LogP contribution in [0.1, 0.15) is 71.1 Å². The molecule has 0 aromatic heterocycles. The number of amides is 1. The van der Waals surface area contributed by atoms with Gasteiger partial charge < -0.3 is 10.0 Å². The second-order valence-corrected chi connectivity index (χ2v) is 6.31. The molecule has 0 spiro atoms. The minimum atomic E-state index is -0.726. The van der Waals surface area contributed by atoms with E-state index >= 15 is 0 Å². The van der Waals surface area contributed by atoms with Crippen LogP contribution in [0.15, 0.2) is 11.6 Å². The number of nitrogens with zero attached hydrogens (tertiary/aromatic N) is 1. The molecule has 1 aliphatic rings. The third-order valence-corrected chi connectivity index (χ3v) is 4.32. The molecule has 3 nitrogen and oxygen atoms in total. The molecular weight excluding hydrogens is 250 g/mol. The van der Waals surface area contributed by atoms with Crippen molar-refractivity contribution in [3.05, 3.63) is 11.6 Å². The zero-order valence-corrected chi connectivity index (χ0v) is 13.5. The molecule has 0 atom stereocenters. The Balaban J connectivity index is 2.74. The van der Waals surface area contributed by atoms with Crippen molar-refractivity contribution in [2.45, 2.75) is 76.7 Å². The van der Waals surface area contributed by atoms with Crippen molar-refractivity contribution < 1.29 is 9.90 Å². The molecule has 0 saturated heterocycles. The van der Waals surface area contributed by atoms with Crippen molar-refractivity contribution in [2.75, 3.05) is 14.1 Å². The van der Waals surface area contributed by atoms with Gasteiger partial charge in [-0.1, -0.05) is 45.4 Å². The van der Waals surface area contributed by atoms with Gasteiger partial charge in [0.15, 0.2) is 0 Å². The Morgan fingerprint density at radius 2 is 1.80 bits per heavy atom. The van der Waals surface area contributed by atoms with Gasteiger partial charge in [0, 0.05) is 20.2 Å². The van der Waals surface area contributed by atoms with Crippen LogP contribution >= 0.6 is 0 Å². The molecule has 0 heterocycles. The van der Waals surface area contributed by atoms with Gasteiger partial charge >= 0.3 is 0 Å². The fourth-order valence-corrected chi connectivity index (χ4v) is 2.92. The van der Waals surface area contributed by atoms with E-state index in [0.29, 0.717) is 0 Å². The Bertz CT molecular complexity index is 328. The van der Waals surface area contributed by atoms with Gasteiger partial charge in [0.05, 0.1) is 5.60 Å². The zero-order valence-electron chi connectivity index (χ0n) is 13.5. The van der Waals surface area contributed by atoms with Crippen LogP contribution in [0.25, 0.3) is 0 Å². The average molecular weight is 281 g/mol. The van der Waals surface area contributed by atoms with Gasteiger partial charge in [-0.3, -0.25) is 4.79 Å². The molecule has 0 radical (unpaired) electrons. The molecule has 0 aromatic carbocycles. The summed E-state index contributed by atoms with van der Waals surface area (Å²) in [5.74, 6) is -0.00510. The van der Waals surface area contributed by atoms with Gasteiger partial charge in [0.1, 0.15) is 0 Å². The summed E-state index contributed by atoms with van der Waals surface area (Å²) in [6, 6.07) is 0. The first-order valence-corrected chi connectivity index (χ1v) is 8.14. The normalized spacial score (nSPS) is 18.9. The minimum absolute atomic E-state index is 0.00510. The Morgan fingerprint density at radius 3 is 2.35 bits per heavy atom. The fraction of sp³-hybridized carbons (Fsp3) is 0.824. The predicted octanol–water partition coefficient (Wildman–Crippen LogP) is 3.67. The molecule has 1 saturated carbocycles. The highest BCUT2D eigenvalue weighted by Gasteiger charge is 2.33. The third kappa shape index (κ3) is 5.28. The number of carbonyl (C=O) groups excluding carboxylic acids is 1. The summed E-state index contributed by atoms with van der Waals surface area (Å²) in [7, 11) is 3.52. The highest BCUT2D eigenvalue weighted by molar-refractivity contribution is 5.88. The number of hydrogen-bond donors (Lipinski definition) is 1. The van der Waals surface area contributed by atoms with Crippen LogP contribution in [0.2, 0.25) is 0 Å². The molecule has 1 rings (SSSR count). The predicted molar refractivity (Wildman–Crippen MR) is 83.6 cm³/mol. The molecule has 1 fully saturated rings. The molecule has 0 aliphatic heterocycles. The van der Waals surface area contributed by atoms with E-state index in [0.717, 1.165) is 44.1 Å². The summed E-state index contributed by atoms with van der Waals surface area (Å²) in [4.78, 5) is 13.5. The largest absolute Gasteiger partial charge is 0.386 e. The van der Waals surface area contributed by atoms with Crippen LogP contribution in [-0.4, -0.2) is 35.6 Å². The molecule has 116 valence electrons. The Labute approximate surface area is 124 Å².